The van der Waals surface area contributed by atoms with Gasteiger partial charge in [-0.25, -0.2) is 9.50 Å². The molecular weight excluding hydrogens is 374 g/mol. The first-order valence-electron chi connectivity index (χ1n) is 9.96. The van der Waals surface area contributed by atoms with Crippen molar-refractivity contribution in [1.29, 1.82) is 0 Å². The molecule has 3 N–H and O–H groups in total. The average molecular weight is 400 g/mol. The van der Waals surface area contributed by atoms with Crippen LogP contribution in [0.1, 0.15) is 36.1 Å². The lowest BCUT2D eigenvalue weighted by molar-refractivity contribution is 0.383. The number of nitrogens with zero attached hydrogens (tertiary/aromatic N) is 2. The smallest absolute Gasteiger partial charge is 0.272 e. The molecule has 1 atom stereocenters. The van der Waals surface area contributed by atoms with Crippen LogP contribution in [0.25, 0.3) is 5.65 Å². The fourth-order valence-corrected chi connectivity index (χ4v) is 3.99. The van der Waals surface area contributed by atoms with Gasteiger partial charge in [0.05, 0.1) is 0 Å². The zero-order chi connectivity index (χ0) is 19.3. The van der Waals surface area contributed by atoms with E-state index < -0.39 is 0 Å². The van der Waals surface area contributed by atoms with Crippen molar-refractivity contribution in [3.05, 3.63) is 68.7 Å². The minimum Gasteiger partial charge on any atom is -0.313 e. The summed E-state index contributed by atoms with van der Waals surface area (Å²) in [6.07, 6.45) is 7.14. The number of hydrogen-bond donors (Lipinski definition) is 3. The third-order valence-electron chi connectivity index (χ3n) is 5.30. The van der Waals surface area contributed by atoms with E-state index in [4.69, 9.17) is 16.6 Å². The van der Waals surface area contributed by atoms with E-state index in [0.29, 0.717) is 24.7 Å². The Hall–Kier alpha value is -2.15. The predicted octanol–water partition coefficient (Wildman–Crippen LogP) is 2.69. The zero-order valence-electron chi connectivity index (χ0n) is 15.9. The van der Waals surface area contributed by atoms with Crippen molar-refractivity contribution in [3.63, 3.8) is 0 Å². The molecule has 2 aromatic heterocycles. The van der Waals surface area contributed by atoms with Crippen molar-refractivity contribution in [2.24, 2.45) is 0 Å². The van der Waals surface area contributed by atoms with E-state index in [1.165, 1.54) is 23.8 Å². The van der Waals surface area contributed by atoms with Crippen LogP contribution >= 0.6 is 11.6 Å². The Balaban J connectivity index is 1.44. The summed E-state index contributed by atoms with van der Waals surface area (Å²) in [4.78, 5) is 17.2. The Morgan fingerprint density at radius 1 is 1.25 bits per heavy atom. The summed E-state index contributed by atoms with van der Waals surface area (Å²) < 4.78 is 1.51. The van der Waals surface area contributed by atoms with Crippen LogP contribution in [0.4, 0.5) is 0 Å². The lowest BCUT2D eigenvalue weighted by Gasteiger charge is -2.23. The fourth-order valence-electron chi connectivity index (χ4n) is 3.78. The number of fused-ring (bicyclic) bond motifs is 1. The van der Waals surface area contributed by atoms with Gasteiger partial charge in [-0.1, -0.05) is 30.2 Å². The molecule has 148 valence electrons. The second-order valence-corrected chi connectivity index (χ2v) is 7.89. The number of aromatic nitrogens is 3. The van der Waals surface area contributed by atoms with Crippen molar-refractivity contribution >= 4 is 17.2 Å². The molecule has 7 heteroatoms. The SMILES string of the molecule is O=c1cc(CCc2cccc(Cl)c2)nc2c(CNC[C@@H]3CCCCN3)c[nH]n12. The minimum absolute atomic E-state index is 0.0775. The number of aromatic amines is 1. The monoisotopic (exact) mass is 399 g/mol. The second kappa shape index (κ2) is 8.90. The minimum atomic E-state index is -0.0775. The number of hydrogen-bond acceptors (Lipinski definition) is 4. The fraction of sp³-hybridized carbons (Fsp3) is 0.429. The second-order valence-electron chi connectivity index (χ2n) is 7.45. The molecule has 28 heavy (non-hydrogen) atoms. The molecule has 6 nitrogen and oxygen atoms in total. The number of halogens is 1. The molecule has 1 aromatic carbocycles. The van der Waals surface area contributed by atoms with E-state index in [0.717, 1.165) is 41.4 Å². The number of rotatable bonds is 7. The van der Waals surface area contributed by atoms with E-state index in [9.17, 15) is 4.79 Å². The number of piperidine rings is 1. The summed E-state index contributed by atoms with van der Waals surface area (Å²) in [6, 6.07) is 9.95. The van der Waals surface area contributed by atoms with Crippen molar-refractivity contribution in [2.75, 3.05) is 13.1 Å². The Bertz CT molecular complexity index is 990. The van der Waals surface area contributed by atoms with Crippen molar-refractivity contribution < 1.29 is 0 Å². The first kappa shape index (κ1) is 19.2. The standard InChI is InChI=1S/C21H26ClN5O/c22-17-5-3-4-15(10-17)7-8-18-11-20(28)27-21(26-18)16(13-25-27)12-23-14-19-6-1-2-9-24-19/h3-5,10-11,13,19,23-25H,1-2,6-9,12,14H2/t19-/m0/s1. The molecule has 0 bridgehead atoms. The summed E-state index contributed by atoms with van der Waals surface area (Å²) in [7, 11) is 0. The molecule has 0 aliphatic carbocycles. The molecule has 1 saturated heterocycles. The molecular formula is C21H26ClN5O. The van der Waals surface area contributed by atoms with E-state index in [2.05, 4.69) is 15.7 Å². The summed E-state index contributed by atoms with van der Waals surface area (Å²) in [5, 5.41) is 10.8. The van der Waals surface area contributed by atoms with Crippen LogP contribution in [-0.2, 0) is 19.4 Å². The molecule has 0 spiro atoms. The highest BCUT2D eigenvalue weighted by Crippen LogP contribution is 2.13. The molecule has 0 radical (unpaired) electrons. The number of benzene rings is 1. The summed E-state index contributed by atoms with van der Waals surface area (Å²) >= 11 is 6.06. The topological polar surface area (TPSA) is 74.2 Å². The maximum Gasteiger partial charge on any atom is 0.272 e. The lowest BCUT2D eigenvalue weighted by atomic mass is 10.1. The molecule has 0 unspecified atom stereocenters. The first-order valence-corrected chi connectivity index (χ1v) is 10.3. The molecule has 4 rings (SSSR count). The molecule has 3 aromatic rings. The summed E-state index contributed by atoms with van der Waals surface area (Å²) in [6.45, 7) is 2.72. The van der Waals surface area contributed by atoms with Crippen molar-refractivity contribution in [2.45, 2.75) is 44.7 Å². The zero-order valence-corrected chi connectivity index (χ0v) is 16.6. The molecule has 1 aliphatic heterocycles. The molecule has 3 heterocycles. The van der Waals surface area contributed by atoms with Gasteiger partial charge >= 0.3 is 0 Å². The Morgan fingerprint density at radius 3 is 3.00 bits per heavy atom. The highest BCUT2D eigenvalue weighted by molar-refractivity contribution is 6.30. The van der Waals surface area contributed by atoms with Gasteiger partial charge < -0.3 is 10.6 Å². The van der Waals surface area contributed by atoms with Gasteiger partial charge in [-0.05, 0) is 49.9 Å². The van der Waals surface area contributed by atoms with E-state index in [1.54, 1.807) is 6.07 Å². The number of aryl methyl sites for hydroxylation is 2. The third-order valence-corrected chi connectivity index (χ3v) is 5.54. The van der Waals surface area contributed by atoms with Gasteiger partial charge in [-0.3, -0.25) is 9.89 Å². The normalized spacial score (nSPS) is 17.2. The van der Waals surface area contributed by atoms with Gasteiger partial charge in [-0.15, -0.1) is 0 Å². The maximum absolute atomic E-state index is 12.4. The van der Waals surface area contributed by atoms with Crippen LogP contribution in [0.3, 0.4) is 0 Å². The maximum atomic E-state index is 12.4. The predicted molar refractivity (Wildman–Crippen MR) is 112 cm³/mol. The molecule has 0 saturated carbocycles. The highest BCUT2D eigenvalue weighted by Gasteiger charge is 2.13. The molecule has 1 fully saturated rings. The Labute approximate surface area is 169 Å². The van der Waals surface area contributed by atoms with Gasteiger partial charge in [0, 0.05) is 47.7 Å². The van der Waals surface area contributed by atoms with E-state index in [1.807, 2.05) is 30.5 Å². The summed E-state index contributed by atoms with van der Waals surface area (Å²) in [5.74, 6) is 0. The van der Waals surface area contributed by atoms with Crippen LogP contribution < -0.4 is 16.2 Å². The summed E-state index contributed by atoms with van der Waals surface area (Å²) in [5.41, 5.74) is 3.59. The van der Waals surface area contributed by atoms with Gasteiger partial charge in [0.1, 0.15) is 0 Å². The van der Waals surface area contributed by atoms with Gasteiger partial charge in [0.25, 0.3) is 5.56 Å². The highest BCUT2D eigenvalue weighted by atomic mass is 35.5. The lowest BCUT2D eigenvalue weighted by Crippen LogP contribution is -2.41. The van der Waals surface area contributed by atoms with Crippen molar-refractivity contribution in [3.8, 4) is 0 Å². The van der Waals surface area contributed by atoms with Crippen LogP contribution in [0.2, 0.25) is 5.02 Å². The van der Waals surface area contributed by atoms with Crippen molar-refractivity contribution in [1.82, 2.24) is 25.2 Å². The van der Waals surface area contributed by atoms with E-state index in [-0.39, 0.29) is 5.56 Å². The van der Waals surface area contributed by atoms with Crippen LogP contribution in [0.5, 0.6) is 0 Å². The van der Waals surface area contributed by atoms with E-state index >= 15 is 0 Å². The Kier molecular flexibility index (Phi) is 6.10. The number of H-pyrrole nitrogens is 1. The Morgan fingerprint density at radius 2 is 2.18 bits per heavy atom. The van der Waals surface area contributed by atoms with Crippen LogP contribution in [0, 0.1) is 0 Å². The van der Waals surface area contributed by atoms with Gasteiger partial charge in [0.2, 0.25) is 0 Å². The van der Waals surface area contributed by atoms with Crippen LogP contribution in [-0.4, -0.2) is 33.7 Å². The number of nitrogens with one attached hydrogen (secondary N) is 3. The molecule has 1 aliphatic rings. The first-order chi connectivity index (χ1) is 13.7. The van der Waals surface area contributed by atoms with Crippen LogP contribution in [0.15, 0.2) is 41.3 Å². The van der Waals surface area contributed by atoms with Gasteiger partial charge in [0.15, 0.2) is 5.65 Å². The molecule has 0 amide bonds. The van der Waals surface area contributed by atoms with Gasteiger partial charge in [-0.2, -0.15) is 0 Å². The largest absolute Gasteiger partial charge is 0.313 e. The quantitative estimate of drug-likeness (QED) is 0.571. The average Bonchev–Trinajstić information content (AvgIpc) is 3.11. The third kappa shape index (κ3) is 4.63.